The zero-order valence-corrected chi connectivity index (χ0v) is 14.7. The summed E-state index contributed by atoms with van der Waals surface area (Å²) in [4.78, 5) is 2.47. The number of anilines is 1. The van der Waals surface area contributed by atoms with Crippen molar-refractivity contribution in [1.82, 2.24) is 0 Å². The molecule has 0 N–H and O–H groups in total. The number of ether oxygens (including phenoxy) is 1. The van der Waals surface area contributed by atoms with Crippen LogP contribution in [0.3, 0.4) is 0 Å². The molecule has 124 valence electrons. The normalized spacial score (nSPS) is 18.9. The number of nitrogens with zero attached hydrogens (tertiary/aromatic N) is 1. The van der Waals surface area contributed by atoms with Gasteiger partial charge >= 0.3 is 0 Å². The SMILES string of the molecule is CCCCCCCc1ccc(N2CCO[C@H](C(C)C)C2)cc1. The molecule has 1 heterocycles. The zero-order chi connectivity index (χ0) is 15.8. The minimum absolute atomic E-state index is 0.368. The van der Waals surface area contributed by atoms with Gasteiger partial charge in [0.05, 0.1) is 12.7 Å². The summed E-state index contributed by atoms with van der Waals surface area (Å²) >= 11 is 0. The first-order valence-electron chi connectivity index (χ1n) is 9.16. The fourth-order valence-corrected chi connectivity index (χ4v) is 3.12. The van der Waals surface area contributed by atoms with Crippen molar-refractivity contribution in [2.75, 3.05) is 24.6 Å². The van der Waals surface area contributed by atoms with Crippen molar-refractivity contribution >= 4 is 5.69 Å². The Bertz CT molecular complexity index is 412. The number of aryl methyl sites for hydroxylation is 1. The van der Waals surface area contributed by atoms with Crippen LogP contribution in [0.1, 0.15) is 58.4 Å². The quantitative estimate of drug-likeness (QED) is 0.622. The molecule has 1 fully saturated rings. The first kappa shape index (κ1) is 17.3. The molecule has 2 rings (SSSR count). The van der Waals surface area contributed by atoms with Crippen LogP contribution in [0.2, 0.25) is 0 Å². The molecule has 0 amide bonds. The summed E-state index contributed by atoms with van der Waals surface area (Å²) in [6.45, 7) is 9.65. The number of unbranched alkanes of at least 4 members (excludes halogenated alkanes) is 4. The predicted octanol–water partition coefficient (Wildman–Crippen LogP) is 5.06. The van der Waals surface area contributed by atoms with Crippen LogP contribution in [0, 0.1) is 5.92 Å². The van der Waals surface area contributed by atoms with Crippen molar-refractivity contribution in [1.29, 1.82) is 0 Å². The summed E-state index contributed by atoms with van der Waals surface area (Å²) in [6.07, 6.45) is 8.38. The molecular weight excluding hydrogens is 270 g/mol. The molecule has 1 saturated heterocycles. The van der Waals surface area contributed by atoms with E-state index < -0.39 is 0 Å². The molecule has 1 aromatic rings. The molecule has 2 heteroatoms. The number of hydrogen-bond donors (Lipinski definition) is 0. The second-order valence-electron chi connectivity index (χ2n) is 6.93. The lowest BCUT2D eigenvalue weighted by Gasteiger charge is -2.36. The van der Waals surface area contributed by atoms with E-state index in [0.717, 1.165) is 19.7 Å². The lowest BCUT2D eigenvalue weighted by atomic mass is 10.0. The van der Waals surface area contributed by atoms with Gasteiger partial charge in [0.25, 0.3) is 0 Å². The Morgan fingerprint density at radius 3 is 2.50 bits per heavy atom. The van der Waals surface area contributed by atoms with Gasteiger partial charge in [0.1, 0.15) is 0 Å². The highest BCUT2D eigenvalue weighted by Gasteiger charge is 2.23. The Morgan fingerprint density at radius 1 is 1.09 bits per heavy atom. The lowest BCUT2D eigenvalue weighted by Crippen LogP contribution is -2.44. The fourth-order valence-electron chi connectivity index (χ4n) is 3.12. The molecule has 0 radical (unpaired) electrons. The maximum absolute atomic E-state index is 5.86. The Morgan fingerprint density at radius 2 is 1.82 bits per heavy atom. The van der Waals surface area contributed by atoms with E-state index in [1.165, 1.54) is 49.8 Å². The topological polar surface area (TPSA) is 12.5 Å². The lowest BCUT2D eigenvalue weighted by molar-refractivity contribution is 0.0114. The number of rotatable bonds is 8. The summed E-state index contributed by atoms with van der Waals surface area (Å²) in [6, 6.07) is 9.22. The minimum atomic E-state index is 0.368. The molecule has 1 aliphatic heterocycles. The van der Waals surface area contributed by atoms with Crippen LogP contribution in [-0.2, 0) is 11.2 Å². The van der Waals surface area contributed by atoms with E-state index in [0.29, 0.717) is 12.0 Å². The first-order chi connectivity index (χ1) is 10.7. The van der Waals surface area contributed by atoms with Gasteiger partial charge in [-0.2, -0.15) is 0 Å². The monoisotopic (exact) mass is 303 g/mol. The number of benzene rings is 1. The van der Waals surface area contributed by atoms with Gasteiger partial charge < -0.3 is 9.64 Å². The van der Waals surface area contributed by atoms with Crippen LogP contribution in [0.25, 0.3) is 0 Å². The summed E-state index contributed by atoms with van der Waals surface area (Å²) in [5.41, 5.74) is 2.83. The van der Waals surface area contributed by atoms with Crippen molar-refractivity contribution in [2.24, 2.45) is 5.92 Å². The van der Waals surface area contributed by atoms with Gasteiger partial charge in [-0.3, -0.25) is 0 Å². The summed E-state index contributed by atoms with van der Waals surface area (Å²) < 4.78 is 5.86. The number of hydrogen-bond acceptors (Lipinski definition) is 2. The van der Waals surface area contributed by atoms with E-state index in [2.05, 4.69) is 49.9 Å². The largest absolute Gasteiger partial charge is 0.374 e. The van der Waals surface area contributed by atoms with Gasteiger partial charge in [0.15, 0.2) is 0 Å². The molecule has 0 aromatic heterocycles. The predicted molar refractivity (Wildman–Crippen MR) is 95.7 cm³/mol. The van der Waals surface area contributed by atoms with Crippen LogP contribution < -0.4 is 4.90 Å². The van der Waals surface area contributed by atoms with Gasteiger partial charge in [-0.1, -0.05) is 58.6 Å². The van der Waals surface area contributed by atoms with E-state index in [-0.39, 0.29) is 0 Å². The average Bonchev–Trinajstić information content (AvgIpc) is 2.55. The fraction of sp³-hybridized carbons (Fsp3) is 0.700. The van der Waals surface area contributed by atoms with E-state index >= 15 is 0 Å². The highest BCUT2D eigenvalue weighted by atomic mass is 16.5. The van der Waals surface area contributed by atoms with Gasteiger partial charge in [0, 0.05) is 18.8 Å². The first-order valence-corrected chi connectivity index (χ1v) is 9.16. The van der Waals surface area contributed by atoms with Crippen LogP contribution in [0.4, 0.5) is 5.69 Å². The molecule has 1 aliphatic rings. The zero-order valence-electron chi connectivity index (χ0n) is 14.7. The maximum atomic E-state index is 5.86. The van der Waals surface area contributed by atoms with Gasteiger partial charge in [-0.25, -0.2) is 0 Å². The molecule has 1 aromatic carbocycles. The molecule has 0 unspecified atom stereocenters. The van der Waals surface area contributed by atoms with E-state index in [4.69, 9.17) is 4.74 Å². The molecule has 0 aliphatic carbocycles. The third-order valence-corrected chi connectivity index (χ3v) is 4.71. The Balaban J connectivity index is 1.81. The van der Waals surface area contributed by atoms with E-state index in [1.54, 1.807) is 0 Å². The molecular formula is C20H33NO. The van der Waals surface area contributed by atoms with Gasteiger partial charge in [-0.05, 0) is 36.5 Å². The summed E-state index contributed by atoms with van der Waals surface area (Å²) in [7, 11) is 0. The second-order valence-corrected chi connectivity index (χ2v) is 6.93. The molecule has 2 nitrogen and oxygen atoms in total. The molecule has 1 atom stereocenters. The standard InChI is InChI=1S/C20H33NO/c1-4-5-6-7-8-9-18-10-12-19(13-11-18)21-14-15-22-20(16-21)17(2)3/h10-13,17,20H,4-9,14-16H2,1-3H3/t20-/m0/s1. The Hall–Kier alpha value is -1.02. The molecule has 0 spiro atoms. The van der Waals surface area contributed by atoms with E-state index in [9.17, 15) is 0 Å². The van der Waals surface area contributed by atoms with Crippen molar-refractivity contribution in [3.8, 4) is 0 Å². The van der Waals surface area contributed by atoms with Gasteiger partial charge in [0.2, 0.25) is 0 Å². The van der Waals surface area contributed by atoms with E-state index in [1.807, 2.05) is 0 Å². The highest BCUT2D eigenvalue weighted by molar-refractivity contribution is 5.48. The Kier molecular flexibility index (Phi) is 7.24. The van der Waals surface area contributed by atoms with Crippen molar-refractivity contribution in [3.63, 3.8) is 0 Å². The van der Waals surface area contributed by atoms with Crippen LogP contribution in [-0.4, -0.2) is 25.8 Å². The molecule has 0 saturated carbocycles. The van der Waals surface area contributed by atoms with Crippen molar-refractivity contribution in [3.05, 3.63) is 29.8 Å². The third-order valence-electron chi connectivity index (χ3n) is 4.71. The maximum Gasteiger partial charge on any atom is 0.0773 e. The molecule has 0 bridgehead atoms. The van der Waals surface area contributed by atoms with Crippen molar-refractivity contribution < 1.29 is 4.74 Å². The van der Waals surface area contributed by atoms with Crippen LogP contribution in [0.5, 0.6) is 0 Å². The Labute approximate surface area is 136 Å². The van der Waals surface area contributed by atoms with Crippen molar-refractivity contribution in [2.45, 2.75) is 65.4 Å². The molecule has 22 heavy (non-hydrogen) atoms. The third kappa shape index (κ3) is 5.31. The van der Waals surface area contributed by atoms with Crippen LogP contribution in [0.15, 0.2) is 24.3 Å². The average molecular weight is 303 g/mol. The van der Waals surface area contributed by atoms with Gasteiger partial charge in [-0.15, -0.1) is 0 Å². The second kappa shape index (κ2) is 9.19. The summed E-state index contributed by atoms with van der Waals surface area (Å²) in [5, 5.41) is 0. The number of morpholine rings is 1. The minimum Gasteiger partial charge on any atom is -0.374 e. The van der Waals surface area contributed by atoms with Crippen LogP contribution >= 0.6 is 0 Å². The summed E-state index contributed by atoms with van der Waals surface area (Å²) in [5.74, 6) is 0.588. The smallest absolute Gasteiger partial charge is 0.0773 e. The highest BCUT2D eigenvalue weighted by Crippen LogP contribution is 2.22.